The first-order valence-electron chi connectivity index (χ1n) is 10.6. The van der Waals surface area contributed by atoms with Crippen LogP contribution in [-0.2, 0) is 32.9 Å². The lowest BCUT2D eigenvalue weighted by atomic mass is 10.1. The number of carbonyl (C=O) groups is 3. The molecule has 1 aliphatic rings. The van der Waals surface area contributed by atoms with Crippen molar-refractivity contribution < 1.29 is 27.4 Å². The van der Waals surface area contributed by atoms with Crippen LogP contribution in [-0.4, -0.2) is 62.3 Å². The Labute approximate surface area is 199 Å². The van der Waals surface area contributed by atoms with Crippen LogP contribution in [0.5, 0.6) is 0 Å². The van der Waals surface area contributed by atoms with Gasteiger partial charge < -0.3 is 15.6 Å². The summed E-state index contributed by atoms with van der Waals surface area (Å²) in [7, 11) is -4.66. The van der Waals surface area contributed by atoms with Crippen LogP contribution in [0.3, 0.4) is 0 Å². The maximum Gasteiger partial charge on any atom is 0.362 e. The smallest absolute Gasteiger partial charge is 0.345 e. The number of H-pyrrole nitrogens is 1. The quantitative estimate of drug-likeness (QED) is 0.256. The van der Waals surface area contributed by atoms with Gasteiger partial charge in [-0.2, -0.15) is 13.5 Å². The van der Waals surface area contributed by atoms with Crippen LogP contribution in [0, 0.1) is 6.92 Å². The molecule has 35 heavy (non-hydrogen) atoms. The lowest BCUT2D eigenvalue weighted by molar-refractivity contribution is -0.140. The normalized spacial score (nSPS) is 15.7. The number of nitrogens with zero attached hydrogens (tertiary/aromatic N) is 3. The zero-order valence-electron chi connectivity index (χ0n) is 18.7. The van der Waals surface area contributed by atoms with E-state index in [0.717, 1.165) is 0 Å². The fourth-order valence-electron chi connectivity index (χ4n) is 3.85. The second-order valence-corrected chi connectivity index (χ2v) is 9.25. The van der Waals surface area contributed by atoms with Gasteiger partial charge in [-0.25, -0.2) is 8.99 Å². The third kappa shape index (κ3) is 4.52. The summed E-state index contributed by atoms with van der Waals surface area (Å²) in [4.78, 5) is 53.1. The summed E-state index contributed by atoms with van der Waals surface area (Å²) >= 11 is 0. The Morgan fingerprint density at radius 2 is 1.97 bits per heavy atom. The highest BCUT2D eigenvalue weighted by Crippen LogP contribution is 2.19. The molecular formula is C21H22N6O7S. The van der Waals surface area contributed by atoms with Crippen molar-refractivity contribution in [1.29, 1.82) is 0 Å². The van der Waals surface area contributed by atoms with Crippen LogP contribution < -0.4 is 16.1 Å². The number of rotatable bonds is 7. The van der Waals surface area contributed by atoms with Crippen molar-refractivity contribution in [3.63, 3.8) is 0 Å². The Hall–Kier alpha value is -4.04. The van der Waals surface area contributed by atoms with Gasteiger partial charge in [0, 0.05) is 18.4 Å². The molecule has 0 bridgehead atoms. The molecule has 3 amide bonds. The number of pyridine rings is 1. The fourth-order valence-corrected chi connectivity index (χ4v) is 4.55. The molecule has 0 spiro atoms. The fraction of sp³-hybridized carbons (Fsp3) is 0.286. The van der Waals surface area contributed by atoms with Gasteiger partial charge in [-0.3, -0.25) is 23.7 Å². The van der Waals surface area contributed by atoms with Crippen LogP contribution in [0.25, 0.3) is 11.0 Å². The minimum Gasteiger partial charge on any atom is -0.345 e. The van der Waals surface area contributed by atoms with Gasteiger partial charge in [0.15, 0.2) is 0 Å². The van der Waals surface area contributed by atoms with E-state index in [4.69, 9.17) is 4.55 Å². The van der Waals surface area contributed by atoms with Gasteiger partial charge in [-0.1, -0.05) is 18.2 Å². The van der Waals surface area contributed by atoms with Crippen LogP contribution in [0.15, 0.2) is 35.3 Å². The highest BCUT2D eigenvalue weighted by atomic mass is 32.2. The zero-order valence-corrected chi connectivity index (χ0v) is 19.5. The van der Waals surface area contributed by atoms with E-state index in [9.17, 15) is 27.6 Å². The average molecular weight is 503 g/mol. The molecule has 0 aliphatic carbocycles. The van der Waals surface area contributed by atoms with E-state index in [1.165, 1.54) is 6.20 Å². The maximum atomic E-state index is 13.0. The molecule has 3 aromatic rings. The Morgan fingerprint density at radius 1 is 1.26 bits per heavy atom. The summed E-state index contributed by atoms with van der Waals surface area (Å²) in [6, 6.07) is 5.35. The van der Waals surface area contributed by atoms with Crippen LogP contribution in [0.1, 0.15) is 28.5 Å². The van der Waals surface area contributed by atoms with Crippen LogP contribution >= 0.6 is 0 Å². The van der Waals surface area contributed by atoms with Crippen molar-refractivity contribution in [3.8, 4) is 0 Å². The standard InChI is InChI=1S/C21H22N6O7S/c1-3-26-19-17(11(2)25-26)18(29)13(9-22-19)20(30)24-14-7-5-4-6-12(14)8-16(28)23-15-10-27(21(15)31)35(32,33)34/h4-7,9,15H,3,8,10H2,1-2H3,(H,22,29)(H,23,28)(H,24,30)(H,32,33,34). The van der Waals surface area contributed by atoms with Crippen molar-refractivity contribution >= 4 is 44.7 Å². The summed E-state index contributed by atoms with van der Waals surface area (Å²) in [6.07, 6.45) is 1.08. The predicted octanol–water partition coefficient (Wildman–Crippen LogP) is -0.0225. The maximum absolute atomic E-state index is 13.0. The van der Waals surface area contributed by atoms with Gasteiger partial charge in [0.1, 0.15) is 17.3 Å². The van der Waals surface area contributed by atoms with Crippen molar-refractivity contribution in [2.75, 3.05) is 11.9 Å². The zero-order chi connectivity index (χ0) is 25.5. The monoisotopic (exact) mass is 502 g/mol. The second-order valence-electron chi connectivity index (χ2n) is 7.91. The Bertz CT molecular complexity index is 1520. The number of para-hydroxylation sites is 1. The van der Waals surface area contributed by atoms with Crippen LogP contribution in [0.2, 0.25) is 0 Å². The summed E-state index contributed by atoms with van der Waals surface area (Å²) in [5, 5.41) is 9.64. The first kappa shape index (κ1) is 24.1. The van der Waals surface area contributed by atoms with Gasteiger partial charge in [0.2, 0.25) is 11.3 Å². The van der Waals surface area contributed by atoms with Gasteiger partial charge in [-0.15, -0.1) is 0 Å². The molecule has 1 fully saturated rings. The highest BCUT2D eigenvalue weighted by molar-refractivity contribution is 7.84. The molecule has 184 valence electrons. The predicted molar refractivity (Wildman–Crippen MR) is 124 cm³/mol. The molecule has 1 unspecified atom stereocenters. The second kappa shape index (κ2) is 8.96. The molecule has 0 radical (unpaired) electrons. The van der Waals surface area contributed by atoms with Gasteiger partial charge >= 0.3 is 10.3 Å². The number of nitrogens with one attached hydrogen (secondary N) is 3. The van der Waals surface area contributed by atoms with E-state index in [1.807, 2.05) is 6.92 Å². The van der Waals surface area contributed by atoms with Crippen molar-refractivity contribution in [1.82, 2.24) is 24.4 Å². The van der Waals surface area contributed by atoms with E-state index in [-0.39, 0.29) is 28.5 Å². The third-order valence-corrected chi connectivity index (χ3v) is 6.51. The number of carbonyl (C=O) groups excluding carboxylic acids is 3. The number of fused-ring (bicyclic) bond motifs is 1. The molecule has 1 aliphatic heterocycles. The molecule has 3 heterocycles. The Balaban J connectivity index is 1.49. The molecule has 14 heteroatoms. The molecule has 1 saturated heterocycles. The van der Waals surface area contributed by atoms with E-state index >= 15 is 0 Å². The molecule has 1 atom stereocenters. The van der Waals surface area contributed by atoms with Crippen molar-refractivity contribution in [2.24, 2.45) is 0 Å². The number of β-lactam (4-membered cyclic amide) rings is 1. The SMILES string of the molecule is CCn1nc(C)c2c(=O)c(C(=O)Nc3ccccc3CC(=O)NC3CN(S(=O)(=O)O)C3=O)c[nH]c21. The molecule has 4 rings (SSSR count). The van der Waals surface area contributed by atoms with Crippen LogP contribution in [0.4, 0.5) is 5.69 Å². The lowest BCUT2D eigenvalue weighted by Crippen LogP contribution is -2.65. The van der Waals surface area contributed by atoms with Gasteiger partial charge in [0.05, 0.1) is 24.0 Å². The first-order valence-corrected chi connectivity index (χ1v) is 12.0. The molecule has 2 aromatic heterocycles. The number of hydrogen-bond donors (Lipinski definition) is 4. The number of aryl methyl sites for hydroxylation is 2. The Kier molecular flexibility index (Phi) is 6.17. The van der Waals surface area contributed by atoms with E-state index < -0.39 is 39.5 Å². The number of anilines is 1. The van der Waals surface area contributed by atoms with Gasteiger partial charge in [0.25, 0.3) is 11.8 Å². The first-order chi connectivity index (χ1) is 16.5. The molecule has 0 saturated carbocycles. The molecule has 1 aromatic carbocycles. The highest BCUT2D eigenvalue weighted by Gasteiger charge is 2.44. The lowest BCUT2D eigenvalue weighted by Gasteiger charge is -2.35. The topological polar surface area (TPSA) is 184 Å². The minimum absolute atomic E-state index is 0.124. The minimum atomic E-state index is -4.66. The van der Waals surface area contributed by atoms with E-state index in [0.29, 0.717) is 28.8 Å². The van der Waals surface area contributed by atoms with E-state index in [2.05, 4.69) is 20.7 Å². The molecular weight excluding hydrogens is 480 g/mol. The number of benzene rings is 1. The summed E-state index contributed by atoms with van der Waals surface area (Å²) in [5.41, 5.74) is 1.10. The summed E-state index contributed by atoms with van der Waals surface area (Å²) in [6.45, 7) is 3.73. The average Bonchev–Trinajstić information content (AvgIpc) is 3.13. The Morgan fingerprint density at radius 3 is 2.63 bits per heavy atom. The number of amides is 3. The van der Waals surface area contributed by atoms with Crippen molar-refractivity contribution in [2.45, 2.75) is 32.9 Å². The number of aromatic amines is 1. The largest absolute Gasteiger partial charge is 0.362 e. The third-order valence-electron chi connectivity index (χ3n) is 5.62. The number of aromatic nitrogens is 3. The van der Waals surface area contributed by atoms with Gasteiger partial charge in [-0.05, 0) is 25.5 Å². The molecule has 13 nitrogen and oxygen atoms in total. The van der Waals surface area contributed by atoms with Crippen molar-refractivity contribution in [3.05, 3.63) is 57.5 Å². The summed E-state index contributed by atoms with van der Waals surface area (Å²) in [5.74, 6) is -2.22. The number of hydrogen-bond acceptors (Lipinski definition) is 7. The van der Waals surface area contributed by atoms with E-state index in [1.54, 1.807) is 35.9 Å². The molecule has 4 N–H and O–H groups in total. The summed E-state index contributed by atoms with van der Waals surface area (Å²) < 4.78 is 32.8.